The number of amides is 1. The van der Waals surface area contributed by atoms with E-state index in [-0.39, 0.29) is 23.0 Å². The molecule has 2 aromatic rings. The van der Waals surface area contributed by atoms with E-state index in [1.807, 2.05) is 0 Å². The summed E-state index contributed by atoms with van der Waals surface area (Å²) >= 11 is 0.935. The van der Waals surface area contributed by atoms with Crippen LogP contribution in [0.3, 0.4) is 0 Å². The number of nitrogens with zero attached hydrogens (tertiary/aromatic N) is 1. The van der Waals surface area contributed by atoms with Crippen LogP contribution in [0.4, 0.5) is 5.69 Å². The summed E-state index contributed by atoms with van der Waals surface area (Å²) in [4.78, 5) is 26.6. The number of phenolic OH excluding ortho intramolecular Hbond substituents is 1. The summed E-state index contributed by atoms with van der Waals surface area (Å²) < 4.78 is 0. The molecule has 0 saturated heterocycles. The van der Waals surface area contributed by atoms with Crippen molar-refractivity contribution in [2.45, 2.75) is 13.3 Å². The maximum Gasteiger partial charge on any atom is 0.231 e. The predicted octanol–water partition coefficient (Wildman–Crippen LogP) is 0.702. The molecule has 1 amide bonds. The zero-order valence-corrected chi connectivity index (χ0v) is 11.4. The van der Waals surface area contributed by atoms with E-state index in [0.29, 0.717) is 16.4 Å². The minimum atomic E-state index is -1.29. The second-order valence-corrected chi connectivity index (χ2v) is 5.17. The Bertz CT molecular complexity index is 649. The van der Waals surface area contributed by atoms with E-state index in [0.717, 1.165) is 11.3 Å². The lowest BCUT2D eigenvalue weighted by Gasteiger charge is -2.03. The van der Waals surface area contributed by atoms with Crippen LogP contribution in [0.25, 0.3) is 0 Å². The topological polar surface area (TPSA) is 102 Å². The molecule has 0 unspecified atom stereocenters. The number of carboxylic acids is 1. The molecule has 0 bridgehead atoms. The molecular formula is C13H11N2O4S-. The smallest absolute Gasteiger partial charge is 0.231 e. The van der Waals surface area contributed by atoms with E-state index in [2.05, 4.69) is 10.3 Å². The molecule has 104 valence electrons. The highest BCUT2D eigenvalue weighted by molar-refractivity contribution is 7.13. The summed E-state index contributed by atoms with van der Waals surface area (Å²) in [6, 6.07) is 6.04. The van der Waals surface area contributed by atoms with Crippen LogP contribution in [0.15, 0.2) is 24.3 Å². The Balaban J connectivity index is 2.03. The quantitative estimate of drug-likeness (QED) is 0.807. The molecule has 1 aromatic carbocycles. The fraction of sp³-hybridized carbons (Fsp3) is 0.154. The summed E-state index contributed by atoms with van der Waals surface area (Å²) in [5, 5.41) is 23.0. The van der Waals surface area contributed by atoms with Gasteiger partial charge < -0.3 is 20.3 Å². The van der Waals surface area contributed by atoms with E-state index in [1.54, 1.807) is 19.1 Å². The molecule has 7 heteroatoms. The molecule has 1 aromatic heterocycles. The van der Waals surface area contributed by atoms with Gasteiger partial charge in [0.05, 0.1) is 23.0 Å². The summed E-state index contributed by atoms with van der Waals surface area (Å²) in [7, 11) is 0. The van der Waals surface area contributed by atoms with Crippen LogP contribution in [0, 0.1) is 6.92 Å². The highest BCUT2D eigenvalue weighted by atomic mass is 32.1. The number of aromatic carboxylic acids is 1. The van der Waals surface area contributed by atoms with Crippen LogP contribution < -0.4 is 10.4 Å². The van der Waals surface area contributed by atoms with Crippen LogP contribution >= 0.6 is 11.3 Å². The van der Waals surface area contributed by atoms with Crippen molar-refractivity contribution in [2.24, 2.45) is 0 Å². The number of rotatable bonds is 4. The first-order chi connectivity index (χ1) is 9.45. The van der Waals surface area contributed by atoms with Gasteiger partial charge in [-0.15, -0.1) is 11.3 Å². The summed E-state index contributed by atoms with van der Waals surface area (Å²) in [5.74, 6) is -1.49. The highest BCUT2D eigenvalue weighted by Crippen LogP contribution is 2.19. The number of aryl methyl sites for hydroxylation is 1. The van der Waals surface area contributed by atoms with Gasteiger partial charge in [0.2, 0.25) is 5.91 Å². The molecule has 2 rings (SSSR count). The Morgan fingerprint density at radius 3 is 2.55 bits per heavy atom. The van der Waals surface area contributed by atoms with Gasteiger partial charge in [-0.05, 0) is 31.2 Å². The number of anilines is 1. The van der Waals surface area contributed by atoms with Gasteiger partial charge in [0, 0.05) is 5.69 Å². The van der Waals surface area contributed by atoms with Gasteiger partial charge in [0.25, 0.3) is 0 Å². The Kier molecular flexibility index (Phi) is 3.99. The lowest BCUT2D eigenvalue weighted by Crippen LogP contribution is -2.21. The van der Waals surface area contributed by atoms with Crippen LogP contribution in [0.5, 0.6) is 5.75 Å². The predicted molar refractivity (Wildman–Crippen MR) is 71.6 cm³/mol. The number of phenols is 1. The number of carbonyl (C=O) groups excluding carboxylic acids is 2. The van der Waals surface area contributed by atoms with Crippen molar-refractivity contribution < 1.29 is 19.8 Å². The zero-order valence-electron chi connectivity index (χ0n) is 10.5. The first kappa shape index (κ1) is 14.0. The molecule has 0 aliphatic carbocycles. The Morgan fingerprint density at radius 2 is 2.00 bits per heavy atom. The number of hydrogen-bond donors (Lipinski definition) is 2. The molecular weight excluding hydrogens is 280 g/mol. The second-order valence-electron chi connectivity index (χ2n) is 4.08. The molecule has 6 nitrogen and oxygen atoms in total. The molecule has 0 spiro atoms. The fourth-order valence-corrected chi connectivity index (χ4v) is 2.50. The van der Waals surface area contributed by atoms with Gasteiger partial charge in [-0.2, -0.15) is 0 Å². The minimum absolute atomic E-state index is 0.0142. The average Bonchev–Trinajstić information content (AvgIpc) is 2.73. The molecule has 0 atom stereocenters. The van der Waals surface area contributed by atoms with E-state index in [4.69, 9.17) is 5.11 Å². The van der Waals surface area contributed by atoms with Gasteiger partial charge in [-0.25, -0.2) is 4.98 Å². The van der Waals surface area contributed by atoms with Crippen molar-refractivity contribution in [3.63, 3.8) is 0 Å². The Hall–Kier alpha value is -2.41. The van der Waals surface area contributed by atoms with Crippen molar-refractivity contribution in [3.05, 3.63) is 39.8 Å². The number of aromatic hydroxyl groups is 1. The number of benzene rings is 1. The van der Waals surface area contributed by atoms with Crippen LogP contribution in [0.2, 0.25) is 0 Å². The third-order valence-corrected chi connectivity index (χ3v) is 3.63. The van der Waals surface area contributed by atoms with Gasteiger partial charge >= 0.3 is 0 Å². The van der Waals surface area contributed by atoms with E-state index < -0.39 is 5.97 Å². The molecule has 0 radical (unpaired) electrons. The SMILES string of the molecule is Cc1nc(CC(=O)Nc2ccc(O)cc2)sc1C(=O)[O-]. The summed E-state index contributed by atoms with van der Waals surface area (Å²) in [5.41, 5.74) is 0.892. The second kappa shape index (κ2) is 5.70. The van der Waals surface area contributed by atoms with E-state index in [1.165, 1.54) is 12.1 Å². The van der Waals surface area contributed by atoms with Crippen molar-refractivity contribution in [1.82, 2.24) is 4.98 Å². The van der Waals surface area contributed by atoms with E-state index in [9.17, 15) is 14.7 Å². The summed E-state index contributed by atoms with van der Waals surface area (Å²) in [6.07, 6.45) is -0.0142. The number of carboxylic acid groups (broad SMARTS) is 1. The largest absolute Gasteiger partial charge is 0.544 e. The lowest BCUT2D eigenvalue weighted by molar-refractivity contribution is -0.254. The number of hydrogen-bond acceptors (Lipinski definition) is 6. The zero-order chi connectivity index (χ0) is 14.7. The first-order valence-electron chi connectivity index (χ1n) is 5.72. The third kappa shape index (κ3) is 3.33. The number of aromatic nitrogens is 1. The normalized spacial score (nSPS) is 10.2. The summed E-state index contributed by atoms with van der Waals surface area (Å²) in [6.45, 7) is 1.56. The maximum absolute atomic E-state index is 11.8. The minimum Gasteiger partial charge on any atom is -0.544 e. The Morgan fingerprint density at radius 1 is 1.35 bits per heavy atom. The van der Waals surface area contributed by atoms with Crippen LogP contribution in [-0.2, 0) is 11.2 Å². The monoisotopic (exact) mass is 291 g/mol. The molecule has 0 aliphatic rings. The average molecular weight is 291 g/mol. The highest BCUT2D eigenvalue weighted by Gasteiger charge is 2.12. The lowest BCUT2D eigenvalue weighted by atomic mass is 10.3. The van der Waals surface area contributed by atoms with Crippen molar-refractivity contribution in [2.75, 3.05) is 5.32 Å². The third-order valence-electron chi connectivity index (χ3n) is 2.49. The number of nitrogens with one attached hydrogen (secondary N) is 1. The standard InChI is InChI=1S/C13H12N2O4S/c1-7-12(13(18)19)20-11(14-7)6-10(17)15-8-2-4-9(16)5-3-8/h2-5,16H,6H2,1H3,(H,15,17)(H,18,19)/p-1. The molecule has 20 heavy (non-hydrogen) atoms. The van der Waals surface area contributed by atoms with Gasteiger partial charge in [-0.1, -0.05) is 0 Å². The molecule has 1 heterocycles. The van der Waals surface area contributed by atoms with Crippen molar-refractivity contribution in [1.29, 1.82) is 0 Å². The molecule has 0 saturated carbocycles. The molecule has 0 aliphatic heterocycles. The Labute approximate surface area is 118 Å². The van der Waals surface area contributed by atoms with Gasteiger partial charge in [0.1, 0.15) is 10.8 Å². The molecule has 2 N–H and O–H groups in total. The van der Waals surface area contributed by atoms with Crippen molar-refractivity contribution >= 4 is 28.9 Å². The number of thiazole rings is 1. The van der Waals surface area contributed by atoms with Crippen LogP contribution in [-0.4, -0.2) is 22.0 Å². The van der Waals surface area contributed by atoms with Gasteiger partial charge in [0.15, 0.2) is 0 Å². The van der Waals surface area contributed by atoms with Gasteiger partial charge in [-0.3, -0.25) is 4.79 Å². The fourth-order valence-electron chi connectivity index (χ4n) is 1.60. The van der Waals surface area contributed by atoms with E-state index >= 15 is 0 Å². The molecule has 0 fully saturated rings. The van der Waals surface area contributed by atoms with Crippen molar-refractivity contribution in [3.8, 4) is 5.75 Å². The maximum atomic E-state index is 11.8. The number of carbonyl (C=O) groups is 2. The van der Waals surface area contributed by atoms with Crippen LogP contribution in [0.1, 0.15) is 20.4 Å². The first-order valence-corrected chi connectivity index (χ1v) is 6.54.